The van der Waals surface area contributed by atoms with E-state index in [0.29, 0.717) is 16.1 Å². The lowest BCUT2D eigenvalue weighted by Crippen LogP contribution is -2.17. The topological polar surface area (TPSA) is 111 Å². The number of anilines is 1. The zero-order valence-electron chi connectivity index (χ0n) is 10.5. The number of benzene rings is 1. The van der Waals surface area contributed by atoms with E-state index in [0.717, 1.165) is 0 Å². The summed E-state index contributed by atoms with van der Waals surface area (Å²) in [5.74, 6) is -0.110. The monoisotopic (exact) mass is 313 g/mol. The third-order valence-electron chi connectivity index (χ3n) is 2.65. The van der Waals surface area contributed by atoms with Crippen molar-refractivity contribution in [2.24, 2.45) is 5.73 Å². The number of nitrogens with zero attached hydrogens (tertiary/aromatic N) is 3. The predicted molar refractivity (Wildman–Crippen MR) is 74.7 cm³/mol. The van der Waals surface area contributed by atoms with E-state index in [2.05, 4.69) is 19.9 Å². The molecular weight excluding hydrogens is 302 g/mol. The molecule has 0 unspecified atom stereocenters. The number of aromatic nitrogens is 3. The number of hydrogen-bond acceptors (Lipinski definition) is 6. The van der Waals surface area contributed by atoms with Crippen molar-refractivity contribution in [2.45, 2.75) is 18.4 Å². The largest absolute Gasteiger partial charge is 0.326 e. The standard InChI is InChI=1S/C11H12ClN5O2S/c1-7-8(6-13)4-9(12)5-10(7)20(18,19)17-11-14-2-3-15-16-11/h2-5H,6,13H2,1H3,(H,14,16,17). The summed E-state index contributed by atoms with van der Waals surface area (Å²) >= 11 is 5.92. The predicted octanol–water partition coefficient (Wildman–Crippen LogP) is 1.09. The number of nitrogens with two attached hydrogens (primary N) is 1. The molecule has 0 spiro atoms. The minimum Gasteiger partial charge on any atom is -0.326 e. The normalized spacial score (nSPS) is 11.3. The Morgan fingerprint density at radius 1 is 1.35 bits per heavy atom. The Bertz CT molecular complexity index is 721. The van der Waals surface area contributed by atoms with Crippen LogP contribution in [0.4, 0.5) is 5.95 Å². The van der Waals surface area contributed by atoms with Crippen molar-refractivity contribution in [1.29, 1.82) is 0 Å². The fraction of sp³-hybridized carbons (Fsp3) is 0.182. The van der Waals surface area contributed by atoms with Gasteiger partial charge in [0.15, 0.2) is 0 Å². The van der Waals surface area contributed by atoms with Gasteiger partial charge < -0.3 is 5.73 Å². The van der Waals surface area contributed by atoms with E-state index in [1.165, 1.54) is 18.5 Å². The molecule has 0 amide bonds. The first-order valence-electron chi connectivity index (χ1n) is 5.59. The molecule has 2 rings (SSSR count). The Hall–Kier alpha value is -1.77. The fourth-order valence-electron chi connectivity index (χ4n) is 1.67. The van der Waals surface area contributed by atoms with Gasteiger partial charge in [-0.2, -0.15) is 5.10 Å². The summed E-state index contributed by atoms with van der Waals surface area (Å²) < 4.78 is 26.9. The van der Waals surface area contributed by atoms with Gasteiger partial charge in [-0.05, 0) is 30.2 Å². The van der Waals surface area contributed by atoms with Crippen LogP contribution in [0, 0.1) is 6.92 Å². The Morgan fingerprint density at radius 3 is 2.70 bits per heavy atom. The van der Waals surface area contributed by atoms with Crippen molar-refractivity contribution in [3.05, 3.63) is 40.7 Å². The van der Waals surface area contributed by atoms with Crippen LogP contribution in [-0.4, -0.2) is 23.6 Å². The Kier molecular flexibility index (Phi) is 4.17. The van der Waals surface area contributed by atoms with Crippen molar-refractivity contribution >= 4 is 27.6 Å². The molecule has 20 heavy (non-hydrogen) atoms. The minimum absolute atomic E-state index is 0.0397. The minimum atomic E-state index is -3.85. The van der Waals surface area contributed by atoms with Gasteiger partial charge in [0.05, 0.1) is 17.3 Å². The van der Waals surface area contributed by atoms with Gasteiger partial charge in [-0.15, -0.1) is 5.10 Å². The van der Waals surface area contributed by atoms with Gasteiger partial charge in [0.1, 0.15) is 0 Å². The Balaban J connectivity index is 2.47. The molecule has 0 bridgehead atoms. The number of rotatable bonds is 4. The third-order valence-corrected chi connectivity index (χ3v) is 4.32. The van der Waals surface area contributed by atoms with Gasteiger partial charge in [-0.25, -0.2) is 18.1 Å². The molecule has 0 fully saturated rings. The molecule has 3 N–H and O–H groups in total. The van der Waals surface area contributed by atoms with Crippen LogP contribution in [0.2, 0.25) is 5.02 Å². The van der Waals surface area contributed by atoms with Crippen LogP contribution in [0.3, 0.4) is 0 Å². The highest BCUT2D eigenvalue weighted by molar-refractivity contribution is 7.92. The van der Waals surface area contributed by atoms with Gasteiger partial charge in [0.25, 0.3) is 16.0 Å². The van der Waals surface area contributed by atoms with E-state index in [-0.39, 0.29) is 17.4 Å². The van der Waals surface area contributed by atoms with E-state index in [1.54, 1.807) is 13.0 Å². The molecule has 1 aromatic carbocycles. The molecule has 0 aliphatic heterocycles. The first-order valence-corrected chi connectivity index (χ1v) is 7.46. The molecule has 0 aliphatic rings. The lowest BCUT2D eigenvalue weighted by Gasteiger charge is -2.12. The number of nitrogens with one attached hydrogen (secondary N) is 1. The van der Waals surface area contributed by atoms with E-state index in [9.17, 15) is 8.42 Å². The van der Waals surface area contributed by atoms with E-state index in [1.807, 2.05) is 0 Å². The third kappa shape index (κ3) is 3.03. The lowest BCUT2D eigenvalue weighted by atomic mass is 10.1. The van der Waals surface area contributed by atoms with E-state index < -0.39 is 10.0 Å². The summed E-state index contributed by atoms with van der Waals surface area (Å²) in [7, 11) is -3.85. The average Bonchev–Trinajstić information content (AvgIpc) is 2.41. The highest BCUT2D eigenvalue weighted by atomic mass is 35.5. The summed E-state index contributed by atoms with van der Waals surface area (Å²) in [4.78, 5) is 3.80. The number of hydrogen-bond donors (Lipinski definition) is 2. The Labute approximate surface area is 121 Å². The molecule has 0 saturated heterocycles. The Morgan fingerprint density at radius 2 is 2.10 bits per heavy atom. The molecule has 1 heterocycles. The second-order valence-electron chi connectivity index (χ2n) is 3.96. The maximum Gasteiger partial charge on any atom is 0.264 e. The van der Waals surface area contributed by atoms with Crippen molar-refractivity contribution < 1.29 is 8.42 Å². The SMILES string of the molecule is Cc1c(CN)cc(Cl)cc1S(=O)(=O)Nc1nccnn1. The highest BCUT2D eigenvalue weighted by Crippen LogP contribution is 2.25. The van der Waals surface area contributed by atoms with Crippen LogP contribution >= 0.6 is 11.6 Å². The van der Waals surface area contributed by atoms with Crippen LogP contribution in [0.15, 0.2) is 29.4 Å². The van der Waals surface area contributed by atoms with Crippen molar-refractivity contribution in [3.63, 3.8) is 0 Å². The highest BCUT2D eigenvalue weighted by Gasteiger charge is 2.20. The van der Waals surface area contributed by atoms with Gasteiger partial charge in [-0.3, -0.25) is 0 Å². The first-order chi connectivity index (χ1) is 9.44. The maximum atomic E-state index is 12.3. The molecule has 9 heteroatoms. The maximum absolute atomic E-state index is 12.3. The molecule has 0 saturated carbocycles. The summed E-state index contributed by atoms with van der Waals surface area (Å²) in [6, 6.07) is 2.99. The van der Waals surface area contributed by atoms with Crippen molar-refractivity contribution in [2.75, 3.05) is 4.72 Å². The molecule has 7 nitrogen and oxygen atoms in total. The molecule has 0 atom stereocenters. The molecule has 1 aromatic heterocycles. The van der Waals surface area contributed by atoms with E-state index in [4.69, 9.17) is 17.3 Å². The quantitative estimate of drug-likeness (QED) is 0.874. The molecule has 0 radical (unpaired) electrons. The lowest BCUT2D eigenvalue weighted by molar-refractivity contribution is 0.600. The number of halogens is 1. The first kappa shape index (κ1) is 14.6. The van der Waals surface area contributed by atoms with Gasteiger partial charge >= 0.3 is 0 Å². The summed E-state index contributed by atoms with van der Waals surface area (Å²) in [5, 5.41) is 7.42. The summed E-state index contributed by atoms with van der Waals surface area (Å²) in [5.41, 5.74) is 6.77. The van der Waals surface area contributed by atoms with Gasteiger partial charge in [0, 0.05) is 11.6 Å². The van der Waals surface area contributed by atoms with E-state index >= 15 is 0 Å². The van der Waals surface area contributed by atoms with Crippen LogP contribution in [-0.2, 0) is 16.6 Å². The van der Waals surface area contributed by atoms with Crippen LogP contribution in [0.1, 0.15) is 11.1 Å². The zero-order chi connectivity index (χ0) is 14.8. The van der Waals surface area contributed by atoms with Crippen molar-refractivity contribution in [3.8, 4) is 0 Å². The van der Waals surface area contributed by atoms with Crippen LogP contribution in [0.25, 0.3) is 0 Å². The van der Waals surface area contributed by atoms with Gasteiger partial charge in [0.2, 0.25) is 0 Å². The van der Waals surface area contributed by atoms with Crippen LogP contribution < -0.4 is 10.5 Å². The van der Waals surface area contributed by atoms with Gasteiger partial charge in [-0.1, -0.05) is 11.6 Å². The zero-order valence-corrected chi connectivity index (χ0v) is 12.1. The number of sulfonamides is 1. The molecule has 2 aromatic rings. The molecular formula is C11H12ClN5O2S. The smallest absolute Gasteiger partial charge is 0.264 e. The second kappa shape index (κ2) is 5.70. The summed E-state index contributed by atoms with van der Waals surface area (Å²) in [6.45, 7) is 1.86. The molecule has 0 aliphatic carbocycles. The molecule has 106 valence electrons. The van der Waals surface area contributed by atoms with Crippen molar-refractivity contribution in [1.82, 2.24) is 15.2 Å². The second-order valence-corrected chi connectivity index (χ2v) is 6.05. The summed E-state index contributed by atoms with van der Waals surface area (Å²) in [6.07, 6.45) is 2.68. The average molecular weight is 314 g/mol. The van der Waals surface area contributed by atoms with Crippen LogP contribution in [0.5, 0.6) is 0 Å². The fourth-order valence-corrected chi connectivity index (χ4v) is 3.23.